The summed E-state index contributed by atoms with van der Waals surface area (Å²) >= 11 is 0. The first-order chi connectivity index (χ1) is 3.38. The van der Waals surface area contributed by atoms with Gasteiger partial charge < -0.3 is 5.32 Å². The van der Waals surface area contributed by atoms with Crippen molar-refractivity contribution in [3.8, 4) is 0 Å². The third-order valence-electron chi connectivity index (χ3n) is 2.14. The molecule has 0 amide bonds. The molecule has 1 radical (unpaired) electrons. The lowest BCUT2D eigenvalue weighted by molar-refractivity contribution is 0.626. The van der Waals surface area contributed by atoms with Crippen LogP contribution >= 0.6 is 0 Å². The van der Waals surface area contributed by atoms with E-state index in [2.05, 4.69) is 12.2 Å². The summed E-state index contributed by atoms with van der Waals surface area (Å²) in [6, 6.07) is 0.588. The van der Waals surface area contributed by atoms with Crippen molar-refractivity contribution in [1.29, 1.82) is 0 Å². The number of fused-ring (bicyclic) bond motifs is 1. The fraction of sp³-hybridized carbons (Fsp3) is 0.833. The van der Waals surface area contributed by atoms with Gasteiger partial charge in [-0.2, -0.15) is 0 Å². The molecular formula is C6H10N. The fourth-order valence-corrected chi connectivity index (χ4v) is 1.45. The molecule has 1 nitrogen and oxygen atoms in total. The van der Waals surface area contributed by atoms with E-state index in [1.54, 1.807) is 0 Å². The molecule has 2 rings (SSSR count). The lowest BCUT2D eigenvalue weighted by atomic mass is 10.2. The van der Waals surface area contributed by atoms with Crippen LogP contribution in [0.5, 0.6) is 0 Å². The first-order valence-electron chi connectivity index (χ1n) is 2.94. The van der Waals surface area contributed by atoms with Gasteiger partial charge in [0.15, 0.2) is 0 Å². The Hall–Kier alpha value is -0.0400. The normalized spacial score (nSPS) is 57.0. The standard InChI is InChI=1S/C6H10N/c1-4-6-2-5(6)3-7-4/h4-7H,1-3H2/t4-,5+,6-/m1/s1. The molecule has 3 atom stereocenters. The molecule has 1 heteroatoms. The lowest BCUT2D eigenvalue weighted by Gasteiger charge is -2.01. The Bertz CT molecular complexity index is 90.2. The zero-order chi connectivity index (χ0) is 4.85. The van der Waals surface area contributed by atoms with Crippen molar-refractivity contribution in [2.75, 3.05) is 6.54 Å². The predicted octanol–water partition coefficient (Wildman–Crippen LogP) is 0.428. The summed E-state index contributed by atoms with van der Waals surface area (Å²) in [5.74, 6) is 1.97. The Labute approximate surface area is 44.1 Å². The third-order valence-corrected chi connectivity index (χ3v) is 2.14. The summed E-state index contributed by atoms with van der Waals surface area (Å²) in [5, 5.41) is 3.31. The van der Waals surface area contributed by atoms with Crippen LogP contribution in [-0.2, 0) is 0 Å². The van der Waals surface area contributed by atoms with Crippen LogP contribution in [0, 0.1) is 18.8 Å². The topological polar surface area (TPSA) is 12.0 Å². The van der Waals surface area contributed by atoms with Gasteiger partial charge in [0.2, 0.25) is 0 Å². The molecule has 1 aliphatic heterocycles. The van der Waals surface area contributed by atoms with Gasteiger partial charge in [0.1, 0.15) is 0 Å². The Morgan fingerprint density at radius 1 is 1.57 bits per heavy atom. The van der Waals surface area contributed by atoms with E-state index in [1.807, 2.05) is 0 Å². The molecule has 0 aromatic carbocycles. The summed E-state index contributed by atoms with van der Waals surface area (Å²) in [5.41, 5.74) is 0. The van der Waals surface area contributed by atoms with E-state index < -0.39 is 0 Å². The number of nitrogens with one attached hydrogen (secondary N) is 1. The Morgan fingerprint density at radius 2 is 2.43 bits per heavy atom. The third kappa shape index (κ3) is 0.418. The zero-order valence-electron chi connectivity index (χ0n) is 4.35. The molecule has 1 saturated carbocycles. The molecule has 1 aliphatic carbocycles. The number of piperidine rings is 1. The van der Waals surface area contributed by atoms with E-state index in [-0.39, 0.29) is 0 Å². The summed E-state index contributed by atoms with van der Waals surface area (Å²) in [4.78, 5) is 0. The van der Waals surface area contributed by atoms with Crippen LogP contribution < -0.4 is 5.32 Å². The summed E-state index contributed by atoms with van der Waals surface area (Å²) in [6.45, 7) is 5.18. The zero-order valence-corrected chi connectivity index (χ0v) is 4.35. The monoisotopic (exact) mass is 96.1 g/mol. The largest absolute Gasteiger partial charge is 0.313 e. The Morgan fingerprint density at radius 3 is 2.57 bits per heavy atom. The van der Waals surface area contributed by atoms with Gasteiger partial charge in [-0.3, -0.25) is 0 Å². The SMILES string of the molecule is [CH2][C@H]1NC[C@@H]2C[C@@H]21. The highest BCUT2D eigenvalue weighted by Crippen LogP contribution is 2.44. The van der Waals surface area contributed by atoms with Gasteiger partial charge >= 0.3 is 0 Å². The first-order valence-corrected chi connectivity index (χ1v) is 2.94. The molecule has 1 saturated heterocycles. The van der Waals surface area contributed by atoms with Crippen molar-refractivity contribution in [3.05, 3.63) is 6.92 Å². The smallest absolute Gasteiger partial charge is 0.00992 e. The van der Waals surface area contributed by atoms with Crippen molar-refractivity contribution >= 4 is 0 Å². The highest BCUT2D eigenvalue weighted by Gasteiger charge is 2.45. The van der Waals surface area contributed by atoms with Gasteiger partial charge in [-0.25, -0.2) is 0 Å². The molecule has 2 aliphatic rings. The van der Waals surface area contributed by atoms with Crippen LogP contribution in [0.15, 0.2) is 0 Å². The average molecular weight is 96.2 g/mol. The van der Waals surface area contributed by atoms with Crippen LogP contribution in [0.2, 0.25) is 0 Å². The minimum atomic E-state index is 0.588. The Balaban J connectivity index is 2.08. The molecule has 1 heterocycles. The fourth-order valence-electron chi connectivity index (χ4n) is 1.45. The molecular weight excluding hydrogens is 86.1 g/mol. The van der Waals surface area contributed by atoms with Gasteiger partial charge in [0.25, 0.3) is 0 Å². The van der Waals surface area contributed by atoms with E-state index in [9.17, 15) is 0 Å². The second-order valence-corrected chi connectivity index (χ2v) is 2.67. The van der Waals surface area contributed by atoms with Gasteiger partial charge in [0, 0.05) is 6.04 Å². The maximum Gasteiger partial charge on any atom is 0.00992 e. The highest BCUT2D eigenvalue weighted by molar-refractivity contribution is 5.03. The second-order valence-electron chi connectivity index (χ2n) is 2.67. The van der Waals surface area contributed by atoms with Crippen LogP contribution in [0.1, 0.15) is 6.42 Å². The first kappa shape index (κ1) is 3.90. The van der Waals surface area contributed by atoms with Gasteiger partial charge in [-0.1, -0.05) is 0 Å². The van der Waals surface area contributed by atoms with Gasteiger partial charge in [0.05, 0.1) is 0 Å². The lowest BCUT2D eigenvalue weighted by Crippen LogP contribution is -2.22. The highest BCUT2D eigenvalue weighted by atomic mass is 15.0. The minimum absolute atomic E-state index is 0.588. The van der Waals surface area contributed by atoms with Crippen molar-refractivity contribution < 1.29 is 0 Å². The molecule has 0 bridgehead atoms. The average Bonchev–Trinajstić information content (AvgIpc) is 2.33. The number of hydrogen-bond donors (Lipinski definition) is 1. The van der Waals surface area contributed by atoms with Crippen LogP contribution in [0.4, 0.5) is 0 Å². The molecule has 2 fully saturated rings. The summed E-state index contributed by atoms with van der Waals surface area (Å²) in [7, 11) is 0. The van der Waals surface area contributed by atoms with Crippen LogP contribution in [-0.4, -0.2) is 12.6 Å². The van der Waals surface area contributed by atoms with Gasteiger partial charge in [-0.05, 0) is 31.7 Å². The summed E-state index contributed by atoms with van der Waals surface area (Å²) < 4.78 is 0. The van der Waals surface area contributed by atoms with Crippen molar-refractivity contribution in [2.45, 2.75) is 12.5 Å². The maximum absolute atomic E-state index is 3.95. The van der Waals surface area contributed by atoms with E-state index in [1.165, 1.54) is 13.0 Å². The second kappa shape index (κ2) is 1.03. The molecule has 39 valence electrons. The quantitative estimate of drug-likeness (QED) is 0.461. The molecule has 0 spiro atoms. The molecule has 0 unspecified atom stereocenters. The minimum Gasteiger partial charge on any atom is -0.313 e. The number of rotatable bonds is 0. The Kier molecular flexibility index (Phi) is 0.571. The van der Waals surface area contributed by atoms with Gasteiger partial charge in [-0.15, -0.1) is 0 Å². The maximum atomic E-state index is 3.95. The molecule has 7 heavy (non-hydrogen) atoms. The van der Waals surface area contributed by atoms with E-state index in [0.29, 0.717) is 6.04 Å². The van der Waals surface area contributed by atoms with Crippen molar-refractivity contribution in [3.63, 3.8) is 0 Å². The van der Waals surface area contributed by atoms with Crippen LogP contribution in [0.3, 0.4) is 0 Å². The van der Waals surface area contributed by atoms with Crippen molar-refractivity contribution in [1.82, 2.24) is 5.32 Å². The number of hydrogen-bond acceptors (Lipinski definition) is 1. The van der Waals surface area contributed by atoms with E-state index >= 15 is 0 Å². The molecule has 0 aromatic rings. The van der Waals surface area contributed by atoms with Crippen LogP contribution in [0.25, 0.3) is 0 Å². The van der Waals surface area contributed by atoms with E-state index in [0.717, 1.165) is 11.8 Å². The molecule has 1 N–H and O–H groups in total. The van der Waals surface area contributed by atoms with E-state index in [4.69, 9.17) is 0 Å². The predicted molar refractivity (Wildman–Crippen MR) is 28.7 cm³/mol. The van der Waals surface area contributed by atoms with Crippen molar-refractivity contribution in [2.24, 2.45) is 11.8 Å². The summed E-state index contributed by atoms with van der Waals surface area (Å²) in [6.07, 6.45) is 1.45. The molecule has 0 aromatic heterocycles.